The number of benzene rings is 1. The van der Waals surface area contributed by atoms with E-state index in [1.165, 1.54) is 0 Å². The first-order valence-electron chi connectivity index (χ1n) is 6.65. The van der Waals surface area contributed by atoms with E-state index in [-0.39, 0.29) is 6.04 Å². The van der Waals surface area contributed by atoms with Crippen LogP contribution < -0.4 is 20.7 Å². The van der Waals surface area contributed by atoms with Gasteiger partial charge in [-0.1, -0.05) is 0 Å². The molecule has 1 aliphatic heterocycles. The van der Waals surface area contributed by atoms with Gasteiger partial charge < -0.3 is 14.2 Å². The lowest BCUT2D eigenvalue weighted by atomic mass is 9.94. The van der Waals surface area contributed by atoms with Gasteiger partial charge in [-0.25, -0.2) is 0 Å². The molecule has 6 heteroatoms. The lowest BCUT2D eigenvalue weighted by Gasteiger charge is -2.23. The Hall–Kier alpha value is -0.820. The van der Waals surface area contributed by atoms with Crippen LogP contribution in [0, 0.1) is 5.92 Å². The monoisotopic (exact) mass is 344 g/mol. The van der Waals surface area contributed by atoms with Gasteiger partial charge >= 0.3 is 0 Å². The van der Waals surface area contributed by atoms with Crippen LogP contribution in [0.1, 0.15) is 24.4 Å². The van der Waals surface area contributed by atoms with E-state index in [1.807, 2.05) is 12.1 Å². The maximum atomic E-state index is 5.73. The van der Waals surface area contributed by atoms with Crippen LogP contribution in [-0.2, 0) is 4.74 Å². The fourth-order valence-corrected chi connectivity index (χ4v) is 3.26. The fourth-order valence-electron chi connectivity index (χ4n) is 2.58. The molecule has 1 aromatic rings. The summed E-state index contributed by atoms with van der Waals surface area (Å²) in [4.78, 5) is 0. The average molecular weight is 345 g/mol. The zero-order valence-electron chi connectivity index (χ0n) is 11.8. The molecular weight excluding hydrogens is 324 g/mol. The average Bonchev–Trinajstić information content (AvgIpc) is 2.97. The van der Waals surface area contributed by atoms with Crippen molar-refractivity contribution in [3.63, 3.8) is 0 Å². The summed E-state index contributed by atoms with van der Waals surface area (Å²) < 4.78 is 17.0. The van der Waals surface area contributed by atoms with Crippen molar-refractivity contribution < 1.29 is 14.2 Å². The lowest BCUT2D eigenvalue weighted by Crippen LogP contribution is -2.30. The number of hydrazine groups is 1. The van der Waals surface area contributed by atoms with Crippen LogP contribution in [-0.4, -0.2) is 27.4 Å². The predicted molar refractivity (Wildman–Crippen MR) is 80.9 cm³/mol. The smallest absolute Gasteiger partial charge is 0.141 e. The molecule has 1 aromatic carbocycles. The number of nitrogens with one attached hydrogen (secondary N) is 1. The van der Waals surface area contributed by atoms with E-state index in [0.717, 1.165) is 47.6 Å². The number of hydrogen-bond acceptors (Lipinski definition) is 5. The standard InChI is InChI=1S/C14H21BrN2O3/c1-18-12-4-3-10(14(19-2)13(12)15)11(17-16)7-9-5-6-20-8-9/h3-4,9,11,17H,5-8,16H2,1-2H3. The third kappa shape index (κ3) is 3.25. The van der Waals surface area contributed by atoms with Gasteiger partial charge in [0.1, 0.15) is 16.0 Å². The van der Waals surface area contributed by atoms with E-state index in [9.17, 15) is 0 Å². The Balaban J connectivity index is 2.26. The minimum absolute atomic E-state index is 0.0267. The summed E-state index contributed by atoms with van der Waals surface area (Å²) in [5.74, 6) is 7.76. The molecule has 0 saturated carbocycles. The first kappa shape index (κ1) is 15.6. The largest absolute Gasteiger partial charge is 0.495 e. The molecule has 112 valence electrons. The van der Waals surface area contributed by atoms with E-state index in [2.05, 4.69) is 21.4 Å². The summed E-state index contributed by atoms with van der Waals surface area (Å²) in [7, 11) is 3.28. The van der Waals surface area contributed by atoms with Crippen LogP contribution in [0.4, 0.5) is 0 Å². The molecule has 0 aliphatic carbocycles. The number of hydrogen-bond donors (Lipinski definition) is 2. The first-order valence-corrected chi connectivity index (χ1v) is 7.44. The van der Waals surface area contributed by atoms with Gasteiger partial charge in [-0.3, -0.25) is 11.3 Å². The summed E-state index contributed by atoms with van der Waals surface area (Å²) in [6.07, 6.45) is 2.00. The van der Waals surface area contributed by atoms with Crippen LogP contribution in [0.3, 0.4) is 0 Å². The maximum absolute atomic E-state index is 5.73. The first-order chi connectivity index (χ1) is 9.71. The summed E-state index contributed by atoms with van der Waals surface area (Å²) in [5.41, 5.74) is 3.91. The molecule has 2 unspecified atom stereocenters. The van der Waals surface area contributed by atoms with Crippen molar-refractivity contribution in [2.75, 3.05) is 27.4 Å². The molecule has 0 spiro atoms. The summed E-state index contributed by atoms with van der Waals surface area (Å²) in [6.45, 7) is 1.64. The van der Waals surface area contributed by atoms with Gasteiger partial charge in [0.15, 0.2) is 0 Å². The molecule has 2 atom stereocenters. The van der Waals surface area contributed by atoms with Crippen molar-refractivity contribution >= 4 is 15.9 Å². The number of methoxy groups -OCH3 is 2. The molecule has 1 heterocycles. The molecule has 1 aliphatic rings. The molecular formula is C14H21BrN2O3. The van der Waals surface area contributed by atoms with E-state index in [4.69, 9.17) is 20.1 Å². The molecule has 1 fully saturated rings. The van der Waals surface area contributed by atoms with E-state index >= 15 is 0 Å². The molecule has 0 aromatic heterocycles. The van der Waals surface area contributed by atoms with Gasteiger partial charge in [-0.05, 0) is 46.8 Å². The molecule has 0 radical (unpaired) electrons. The Morgan fingerprint density at radius 2 is 2.25 bits per heavy atom. The van der Waals surface area contributed by atoms with Crippen molar-refractivity contribution in [3.05, 3.63) is 22.2 Å². The highest BCUT2D eigenvalue weighted by atomic mass is 79.9. The highest BCUT2D eigenvalue weighted by Crippen LogP contribution is 2.41. The number of nitrogens with two attached hydrogens (primary N) is 1. The number of rotatable bonds is 6. The second-order valence-electron chi connectivity index (χ2n) is 4.89. The molecule has 3 N–H and O–H groups in total. The molecule has 1 saturated heterocycles. The van der Waals surface area contributed by atoms with Gasteiger partial charge in [-0.2, -0.15) is 0 Å². The second kappa shape index (κ2) is 7.26. The van der Waals surface area contributed by atoms with Crippen LogP contribution in [0.5, 0.6) is 11.5 Å². The van der Waals surface area contributed by atoms with Crippen molar-refractivity contribution in [1.82, 2.24) is 5.43 Å². The van der Waals surface area contributed by atoms with Crippen LogP contribution in [0.15, 0.2) is 16.6 Å². The Labute approximate surface area is 127 Å². The Kier molecular flexibility index (Phi) is 5.65. The SMILES string of the molecule is COc1ccc(C(CC2CCOC2)NN)c(OC)c1Br. The third-order valence-electron chi connectivity index (χ3n) is 3.69. The van der Waals surface area contributed by atoms with Crippen LogP contribution >= 0.6 is 15.9 Å². The van der Waals surface area contributed by atoms with E-state index in [1.54, 1.807) is 14.2 Å². The van der Waals surface area contributed by atoms with Crippen molar-refractivity contribution in [3.8, 4) is 11.5 Å². The quantitative estimate of drug-likeness (QED) is 0.612. The van der Waals surface area contributed by atoms with Gasteiger partial charge in [0.2, 0.25) is 0 Å². The Morgan fingerprint density at radius 3 is 2.80 bits per heavy atom. The predicted octanol–water partition coefficient (Wildman–Crippen LogP) is 2.40. The maximum Gasteiger partial charge on any atom is 0.141 e. The van der Waals surface area contributed by atoms with Gasteiger partial charge in [0.25, 0.3) is 0 Å². The van der Waals surface area contributed by atoms with Gasteiger partial charge in [-0.15, -0.1) is 0 Å². The van der Waals surface area contributed by atoms with Crippen LogP contribution in [0.25, 0.3) is 0 Å². The zero-order valence-corrected chi connectivity index (χ0v) is 13.4. The Bertz CT molecular complexity index is 450. The summed E-state index contributed by atoms with van der Waals surface area (Å²) >= 11 is 3.52. The van der Waals surface area contributed by atoms with Crippen LogP contribution in [0.2, 0.25) is 0 Å². The third-order valence-corrected chi connectivity index (χ3v) is 4.44. The lowest BCUT2D eigenvalue weighted by molar-refractivity contribution is 0.181. The number of halogens is 1. The second-order valence-corrected chi connectivity index (χ2v) is 5.68. The fraction of sp³-hybridized carbons (Fsp3) is 0.571. The van der Waals surface area contributed by atoms with E-state index in [0.29, 0.717) is 5.92 Å². The topological polar surface area (TPSA) is 65.7 Å². The van der Waals surface area contributed by atoms with Gasteiger partial charge in [0, 0.05) is 18.8 Å². The molecule has 20 heavy (non-hydrogen) atoms. The molecule has 0 amide bonds. The van der Waals surface area contributed by atoms with E-state index < -0.39 is 0 Å². The van der Waals surface area contributed by atoms with Crippen molar-refractivity contribution in [2.45, 2.75) is 18.9 Å². The highest BCUT2D eigenvalue weighted by Gasteiger charge is 2.25. The molecule has 0 bridgehead atoms. The molecule has 5 nitrogen and oxygen atoms in total. The zero-order chi connectivity index (χ0) is 14.5. The summed E-state index contributed by atoms with van der Waals surface area (Å²) in [6, 6.07) is 3.93. The Morgan fingerprint density at radius 1 is 1.45 bits per heavy atom. The van der Waals surface area contributed by atoms with Crippen molar-refractivity contribution in [1.29, 1.82) is 0 Å². The normalized spacial score (nSPS) is 19.9. The molecule has 2 rings (SSSR count). The summed E-state index contributed by atoms with van der Waals surface area (Å²) in [5, 5.41) is 0. The number of ether oxygens (including phenoxy) is 3. The van der Waals surface area contributed by atoms with Crippen molar-refractivity contribution in [2.24, 2.45) is 11.8 Å². The minimum atomic E-state index is 0.0267. The van der Waals surface area contributed by atoms with Gasteiger partial charge in [0.05, 0.1) is 20.3 Å². The highest BCUT2D eigenvalue weighted by molar-refractivity contribution is 9.10. The minimum Gasteiger partial charge on any atom is -0.495 e.